The van der Waals surface area contributed by atoms with Crippen molar-refractivity contribution in [2.24, 2.45) is 17.3 Å². The van der Waals surface area contributed by atoms with Crippen LogP contribution in [0.4, 0.5) is 0 Å². The highest BCUT2D eigenvalue weighted by molar-refractivity contribution is 5.93. The third kappa shape index (κ3) is 2.07. The quantitative estimate of drug-likeness (QED) is 0.858. The standard InChI is InChI=1S/C21H28O3/c1-3-20-10-8-17-16-7-5-15(22)12-14(16)4-6-18(17)19(20)9-11-21(20,23)13-24-2/h8,10,12,18-19,23H,3-7,9,11,13H2,1-2H3/t18-,19+,20+,21-/m1/s1. The number of methoxy groups -OCH3 is 1. The van der Waals surface area contributed by atoms with E-state index in [4.69, 9.17) is 4.74 Å². The van der Waals surface area contributed by atoms with E-state index in [1.807, 2.05) is 6.08 Å². The fraction of sp³-hybridized carbons (Fsp3) is 0.667. The molecule has 0 heterocycles. The van der Waals surface area contributed by atoms with E-state index in [0.717, 1.165) is 38.5 Å². The molecule has 3 nitrogen and oxygen atoms in total. The predicted molar refractivity (Wildman–Crippen MR) is 93.5 cm³/mol. The van der Waals surface area contributed by atoms with E-state index in [0.29, 0.717) is 24.9 Å². The Labute approximate surface area is 144 Å². The van der Waals surface area contributed by atoms with Gasteiger partial charge in [0, 0.05) is 18.9 Å². The lowest BCUT2D eigenvalue weighted by Gasteiger charge is -2.50. The first-order valence-electron chi connectivity index (χ1n) is 9.42. The first-order valence-corrected chi connectivity index (χ1v) is 9.42. The van der Waals surface area contributed by atoms with Crippen molar-refractivity contribution < 1.29 is 14.6 Å². The summed E-state index contributed by atoms with van der Waals surface area (Å²) < 4.78 is 5.40. The SMILES string of the molecule is CC[C@]12C=CC3=C4CCC(=O)C=C4CC[C@H]3[C@@H]1CC[C@@]2(O)COC. The van der Waals surface area contributed by atoms with Gasteiger partial charge in [-0.25, -0.2) is 0 Å². The average molecular weight is 328 g/mol. The molecule has 0 aromatic heterocycles. The van der Waals surface area contributed by atoms with Gasteiger partial charge in [0.1, 0.15) is 0 Å². The molecule has 1 N–H and O–H groups in total. The monoisotopic (exact) mass is 328 g/mol. The number of allylic oxidation sites excluding steroid dienone is 5. The van der Waals surface area contributed by atoms with E-state index < -0.39 is 5.60 Å². The highest BCUT2D eigenvalue weighted by atomic mass is 16.5. The fourth-order valence-corrected chi connectivity index (χ4v) is 6.11. The van der Waals surface area contributed by atoms with Crippen molar-refractivity contribution in [1.82, 2.24) is 0 Å². The summed E-state index contributed by atoms with van der Waals surface area (Å²) in [6, 6.07) is 0. The molecule has 0 saturated heterocycles. The summed E-state index contributed by atoms with van der Waals surface area (Å²) in [6.45, 7) is 2.62. The van der Waals surface area contributed by atoms with E-state index in [1.165, 1.54) is 16.7 Å². The van der Waals surface area contributed by atoms with Crippen LogP contribution >= 0.6 is 0 Å². The minimum absolute atomic E-state index is 0.163. The van der Waals surface area contributed by atoms with Gasteiger partial charge in [0.05, 0.1) is 12.2 Å². The van der Waals surface area contributed by atoms with Crippen LogP contribution in [0.15, 0.2) is 34.9 Å². The Balaban J connectivity index is 1.80. The lowest BCUT2D eigenvalue weighted by molar-refractivity contribution is -0.114. The van der Waals surface area contributed by atoms with Gasteiger partial charge in [-0.05, 0) is 73.2 Å². The summed E-state index contributed by atoms with van der Waals surface area (Å²) in [4.78, 5) is 11.8. The molecule has 0 spiro atoms. The molecule has 1 saturated carbocycles. The van der Waals surface area contributed by atoms with Crippen molar-refractivity contribution >= 4 is 5.78 Å². The molecule has 4 atom stereocenters. The van der Waals surface area contributed by atoms with Crippen LogP contribution in [0.3, 0.4) is 0 Å². The molecule has 0 aromatic carbocycles. The van der Waals surface area contributed by atoms with Gasteiger partial charge in [-0.15, -0.1) is 0 Å². The molecule has 0 bridgehead atoms. The average Bonchev–Trinajstić information content (AvgIpc) is 2.88. The number of rotatable bonds is 3. The Morgan fingerprint density at radius 1 is 1.29 bits per heavy atom. The minimum Gasteiger partial charge on any atom is -0.387 e. The van der Waals surface area contributed by atoms with Crippen molar-refractivity contribution in [3.8, 4) is 0 Å². The lowest BCUT2D eigenvalue weighted by atomic mass is 9.56. The Kier molecular flexibility index (Phi) is 3.85. The van der Waals surface area contributed by atoms with Crippen LogP contribution in [0.2, 0.25) is 0 Å². The molecule has 3 heteroatoms. The summed E-state index contributed by atoms with van der Waals surface area (Å²) in [5.41, 5.74) is 3.25. The molecule has 0 unspecified atom stereocenters. The third-order valence-corrected chi connectivity index (χ3v) is 7.23. The number of hydrogen-bond donors (Lipinski definition) is 1. The number of carbonyl (C=O) groups excluding carboxylic acids is 1. The zero-order valence-corrected chi connectivity index (χ0v) is 14.8. The van der Waals surface area contributed by atoms with Crippen LogP contribution in [0.5, 0.6) is 0 Å². The summed E-state index contributed by atoms with van der Waals surface area (Å²) in [7, 11) is 1.69. The number of hydrogen-bond acceptors (Lipinski definition) is 3. The number of aliphatic hydroxyl groups is 1. The molecule has 4 aliphatic carbocycles. The second-order valence-corrected chi connectivity index (χ2v) is 8.05. The van der Waals surface area contributed by atoms with Gasteiger partial charge in [-0.2, -0.15) is 0 Å². The van der Waals surface area contributed by atoms with E-state index in [9.17, 15) is 9.90 Å². The molecule has 0 amide bonds. The topological polar surface area (TPSA) is 46.5 Å². The van der Waals surface area contributed by atoms with E-state index in [2.05, 4.69) is 19.1 Å². The predicted octanol–water partition coefficient (Wildman–Crippen LogP) is 3.74. The molecule has 0 aromatic rings. The fourth-order valence-electron chi connectivity index (χ4n) is 6.11. The van der Waals surface area contributed by atoms with Gasteiger partial charge in [0.15, 0.2) is 5.78 Å². The van der Waals surface area contributed by atoms with Crippen molar-refractivity contribution in [3.63, 3.8) is 0 Å². The largest absolute Gasteiger partial charge is 0.387 e. The number of ketones is 1. The summed E-state index contributed by atoms with van der Waals surface area (Å²) >= 11 is 0. The van der Waals surface area contributed by atoms with Crippen LogP contribution in [0, 0.1) is 17.3 Å². The van der Waals surface area contributed by atoms with Crippen molar-refractivity contribution in [3.05, 3.63) is 34.9 Å². The molecule has 0 aliphatic heterocycles. The van der Waals surface area contributed by atoms with E-state index >= 15 is 0 Å². The Morgan fingerprint density at radius 2 is 2.12 bits per heavy atom. The lowest BCUT2D eigenvalue weighted by Crippen LogP contribution is -2.51. The minimum atomic E-state index is -0.744. The van der Waals surface area contributed by atoms with Gasteiger partial charge in [0.25, 0.3) is 0 Å². The maximum absolute atomic E-state index is 11.8. The maximum atomic E-state index is 11.8. The zero-order valence-electron chi connectivity index (χ0n) is 14.8. The highest BCUT2D eigenvalue weighted by Gasteiger charge is 2.60. The maximum Gasteiger partial charge on any atom is 0.156 e. The Hall–Kier alpha value is -1.19. The molecule has 1 fully saturated rings. The van der Waals surface area contributed by atoms with Gasteiger partial charge in [-0.1, -0.05) is 19.1 Å². The van der Waals surface area contributed by atoms with Gasteiger partial charge >= 0.3 is 0 Å². The first-order chi connectivity index (χ1) is 11.5. The Morgan fingerprint density at radius 3 is 2.88 bits per heavy atom. The number of ether oxygens (including phenoxy) is 1. The number of carbonyl (C=O) groups is 1. The van der Waals surface area contributed by atoms with Crippen LogP contribution in [-0.4, -0.2) is 30.2 Å². The van der Waals surface area contributed by atoms with E-state index in [-0.39, 0.29) is 11.2 Å². The van der Waals surface area contributed by atoms with Crippen LogP contribution in [-0.2, 0) is 9.53 Å². The normalized spacial score (nSPS) is 41.0. The molecule has 4 aliphatic rings. The Bertz CT molecular complexity index is 656. The molecule has 0 radical (unpaired) electrons. The van der Waals surface area contributed by atoms with Crippen molar-refractivity contribution in [2.75, 3.05) is 13.7 Å². The second-order valence-electron chi connectivity index (χ2n) is 8.05. The molecular weight excluding hydrogens is 300 g/mol. The van der Waals surface area contributed by atoms with Crippen LogP contribution < -0.4 is 0 Å². The summed E-state index contributed by atoms with van der Waals surface area (Å²) in [5.74, 6) is 1.31. The van der Waals surface area contributed by atoms with Crippen LogP contribution in [0.25, 0.3) is 0 Å². The molecule has 4 rings (SSSR count). The zero-order chi connectivity index (χ0) is 16.9. The van der Waals surface area contributed by atoms with Gasteiger partial charge in [0.2, 0.25) is 0 Å². The summed E-state index contributed by atoms with van der Waals surface area (Å²) in [5, 5.41) is 11.3. The van der Waals surface area contributed by atoms with Gasteiger partial charge in [-0.3, -0.25) is 4.79 Å². The first kappa shape index (κ1) is 16.3. The summed E-state index contributed by atoms with van der Waals surface area (Å²) in [6.07, 6.45) is 13.0. The third-order valence-electron chi connectivity index (χ3n) is 7.23. The number of fused-ring (bicyclic) bond motifs is 4. The van der Waals surface area contributed by atoms with Crippen molar-refractivity contribution in [1.29, 1.82) is 0 Å². The van der Waals surface area contributed by atoms with Crippen LogP contribution in [0.1, 0.15) is 51.9 Å². The molecule has 24 heavy (non-hydrogen) atoms. The second kappa shape index (κ2) is 5.67. The molecule has 130 valence electrons. The van der Waals surface area contributed by atoms with E-state index in [1.54, 1.807) is 7.11 Å². The molecular formula is C21H28O3. The van der Waals surface area contributed by atoms with Gasteiger partial charge < -0.3 is 9.84 Å². The smallest absolute Gasteiger partial charge is 0.156 e. The highest BCUT2D eigenvalue weighted by Crippen LogP contribution is 2.62. The van der Waals surface area contributed by atoms with Crippen molar-refractivity contribution in [2.45, 2.75) is 57.5 Å².